The third kappa shape index (κ3) is 4.38. The lowest BCUT2D eigenvalue weighted by atomic mass is 9.87. The van der Waals surface area contributed by atoms with Gasteiger partial charge in [0.25, 0.3) is 0 Å². The summed E-state index contributed by atoms with van der Waals surface area (Å²) in [6, 6.07) is 5.80. The molecule has 0 saturated carbocycles. The summed E-state index contributed by atoms with van der Waals surface area (Å²) in [4.78, 5) is 42.6. The predicted molar refractivity (Wildman–Crippen MR) is 135 cm³/mol. The third-order valence-electron chi connectivity index (χ3n) is 6.14. The van der Waals surface area contributed by atoms with Crippen molar-refractivity contribution in [2.45, 2.75) is 19.3 Å². The molecule has 5 rings (SSSR count). The number of fused-ring (bicyclic) bond motifs is 4. The van der Waals surface area contributed by atoms with E-state index in [4.69, 9.17) is 0 Å². The predicted octanol–water partition coefficient (Wildman–Crippen LogP) is 3.46. The van der Waals surface area contributed by atoms with E-state index in [1.807, 2.05) is 44.2 Å². The van der Waals surface area contributed by atoms with Crippen molar-refractivity contribution >= 4 is 60.5 Å². The minimum atomic E-state index is -0.0602. The molecule has 3 aromatic heterocycles. The number of likely N-dealkylation sites (N-methyl/N-ethyl adjacent to an activating group) is 2. The molecule has 0 aliphatic heterocycles. The molecule has 3 heterocycles. The number of hydrogen-bond donors (Lipinski definition) is 2. The highest BCUT2D eigenvalue weighted by atomic mass is 32.1. The zero-order valence-electron chi connectivity index (χ0n) is 18.8. The molecule has 1 aliphatic carbocycles. The van der Waals surface area contributed by atoms with Gasteiger partial charge in [-0.3, -0.25) is 9.59 Å². The second-order valence-corrected chi connectivity index (χ2v) is 10.9. The number of H-pyrrole nitrogens is 1. The number of aromatic nitrogens is 3. The van der Waals surface area contributed by atoms with Crippen LogP contribution in [0.3, 0.4) is 0 Å². The van der Waals surface area contributed by atoms with Crippen molar-refractivity contribution in [2.24, 2.45) is 5.92 Å². The van der Waals surface area contributed by atoms with Crippen molar-refractivity contribution in [1.82, 2.24) is 24.8 Å². The van der Waals surface area contributed by atoms with Gasteiger partial charge in [-0.1, -0.05) is 11.3 Å². The standard InChI is InChI=1S/C23H26N6O2S2/c1-28(2)8-9-29(3)22(30)13-4-6-15-17(10-13)32-21-19(15)20(24-12-25-21)26-14-5-7-16-18(11-14)33-23(31)27-16/h5,7,11-13H,4,6,8-10H2,1-3H3,(H,27,31)(H,24,25,26). The molecule has 0 spiro atoms. The van der Waals surface area contributed by atoms with Crippen molar-refractivity contribution in [2.75, 3.05) is 39.5 Å². The number of thiophene rings is 1. The van der Waals surface area contributed by atoms with Crippen molar-refractivity contribution < 1.29 is 4.79 Å². The Kier molecular flexibility index (Phi) is 5.90. The normalized spacial score (nSPS) is 15.8. The number of benzene rings is 1. The van der Waals surface area contributed by atoms with Gasteiger partial charge in [0.05, 0.1) is 15.6 Å². The molecule has 0 saturated heterocycles. The fourth-order valence-corrected chi connectivity index (χ4v) is 6.39. The summed E-state index contributed by atoms with van der Waals surface area (Å²) in [5, 5.41) is 4.48. The monoisotopic (exact) mass is 482 g/mol. The summed E-state index contributed by atoms with van der Waals surface area (Å²) in [5.74, 6) is 1.01. The van der Waals surface area contributed by atoms with E-state index in [9.17, 15) is 9.59 Å². The molecule has 8 nitrogen and oxygen atoms in total. The fraction of sp³-hybridized carbons (Fsp3) is 0.391. The Morgan fingerprint density at radius 1 is 1.21 bits per heavy atom. The van der Waals surface area contributed by atoms with Gasteiger partial charge in [0, 0.05) is 36.6 Å². The maximum atomic E-state index is 13.0. The second-order valence-electron chi connectivity index (χ2n) is 8.76. The lowest BCUT2D eigenvalue weighted by Gasteiger charge is -2.27. The van der Waals surface area contributed by atoms with E-state index in [-0.39, 0.29) is 16.7 Å². The molecule has 0 fully saturated rings. The number of rotatable bonds is 6. The molecule has 1 atom stereocenters. The van der Waals surface area contributed by atoms with Gasteiger partial charge >= 0.3 is 4.87 Å². The van der Waals surface area contributed by atoms with E-state index in [2.05, 4.69) is 25.2 Å². The average molecular weight is 483 g/mol. The van der Waals surface area contributed by atoms with E-state index in [1.165, 1.54) is 21.8 Å². The van der Waals surface area contributed by atoms with Crippen LogP contribution >= 0.6 is 22.7 Å². The molecule has 2 N–H and O–H groups in total. The number of thiazole rings is 1. The van der Waals surface area contributed by atoms with Crippen molar-refractivity contribution in [3.05, 3.63) is 44.6 Å². The highest BCUT2D eigenvalue weighted by Gasteiger charge is 2.30. The van der Waals surface area contributed by atoms with Crippen LogP contribution in [0.25, 0.3) is 20.4 Å². The van der Waals surface area contributed by atoms with Gasteiger partial charge in [0.15, 0.2) is 0 Å². The van der Waals surface area contributed by atoms with Crippen LogP contribution in [0.5, 0.6) is 0 Å². The minimum absolute atomic E-state index is 0.0147. The van der Waals surface area contributed by atoms with E-state index in [1.54, 1.807) is 17.7 Å². The minimum Gasteiger partial charge on any atom is -0.344 e. The lowest BCUT2D eigenvalue weighted by molar-refractivity contribution is -0.134. The SMILES string of the molecule is CN(C)CCN(C)C(=O)C1CCc2c(sc3ncnc(Nc4ccc5[nH]c(=O)sc5c4)c23)C1. The summed E-state index contributed by atoms with van der Waals surface area (Å²) < 4.78 is 0.905. The molecule has 10 heteroatoms. The number of amides is 1. The van der Waals surface area contributed by atoms with E-state index >= 15 is 0 Å². The Bertz CT molecular complexity index is 1390. The third-order valence-corrected chi connectivity index (χ3v) is 8.14. The Morgan fingerprint density at radius 3 is 2.88 bits per heavy atom. The Hall–Kier alpha value is -2.82. The quantitative estimate of drug-likeness (QED) is 0.437. The van der Waals surface area contributed by atoms with Gasteiger partial charge in [-0.15, -0.1) is 11.3 Å². The molecule has 1 aromatic carbocycles. The Labute approximate surface area is 199 Å². The smallest absolute Gasteiger partial charge is 0.305 e. The molecular formula is C23H26N6O2S2. The van der Waals surface area contributed by atoms with Gasteiger partial charge in [-0.25, -0.2) is 9.97 Å². The summed E-state index contributed by atoms with van der Waals surface area (Å²) in [6.07, 6.45) is 4.01. The maximum absolute atomic E-state index is 13.0. The molecule has 1 amide bonds. The van der Waals surface area contributed by atoms with E-state index < -0.39 is 0 Å². The lowest BCUT2D eigenvalue weighted by Crippen LogP contribution is -2.39. The van der Waals surface area contributed by atoms with Crippen molar-refractivity contribution in [1.29, 1.82) is 0 Å². The van der Waals surface area contributed by atoms with E-state index in [0.717, 1.165) is 64.3 Å². The zero-order chi connectivity index (χ0) is 23.1. The van der Waals surface area contributed by atoms with Crippen molar-refractivity contribution in [3.63, 3.8) is 0 Å². The molecule has 0 bridgehead atoms. The molecular weight excluding hydrogens is 456 g/mol. The second kappa shape index (κ2) is 8.85. The van der Waals surface area contributed by atoms with Gasteiger partial charge in [-0.05, 0) is 57.1 Å². The van der Waals surface area contributed by atoms with Crippen LogP contribution in [0.1, 0.15) is 16.9 Å². The molecule has 4 aromatic rings. The van der Waals surface area contributed by atoms with Crippen LogP contribution in [0.4, 0.5) is 11.5 Å². The highest BCUT2D eigenvalue weighted by molar-refractivity contribution is 7.19. The number of carbonyl (C=O) groups is 1. The maximum Gasteiger partial charge on any atom is 0.305 e. The number of aromatic amines is 1. The summed E-state index contributed by atoms with van der Waals surface area (Å²) in [7, 11) is 5.94. The Morgan fingerprint density at radius 2 is 2.06 bits per heavy atom. The largest absolute Gasteiger partial charge is 0.344 e. The van der Waals surface area contributed by atoms with Gasteiger partial charge in [-0.2, -0.15) is 0 Å². The number of hydrogen-bond acceptors (Lipinski definition) is 8. The van der Waals surface area contributed by atoms with Gasteiger partial charge in [0.2, 0.25) is 5.91 Å². The summed E-state index contributed by atoms with van der Waals surface area (Å²) in [5.41, 5.74) is 2.97. The average Bonchev–Trinajstić information content (AvgIpc) is 3.35. The van der Waals surface area contributed by atoms with Crippen LogP contribution in [0.2, 0.25) is 0 Å². The number of carbonyl (C=O) groups excluding carboxylic acids is 1. The molecule has 1 aliphatic rings. The van der Waals surface area contributed by atoms with Gasteiger partial charge in [0.1, 0.15) is 17.0 Å². The first kappa shape index (κ1) is 22.0. The first-order chi connectivity index (χ1) is 15.9. The zero-order valence-corrected chi connectivity index (χ0v) is 20.5. The van der Waals surface area contributed by atoms with Crippen LogP contribution in [0, 0.1) is 5.92 Å². The summed E-state index contributed by atoms with van der Waals surface area (Å²) >= 11 is 2.86. The van der Waals surface area contributed by atoms with Crippen LogP contribution < -0.4 is 10.2 Å². The van der Waals surface area contributed by atoms with Crippen LogP contribution in [-0.4, -0.2) is 64.9 Å². The molecule has 0 radical (unpaired) electrons. The van der Waals surface area contributed by atoms with Crippen LogP contribution in [-0.2, 0) is 17.6 Å². The van der Waals surface area contributed by atoms with Crippen LogP contribution in [0.15, 0.2) is 29.3 Å². The summed E-state index contributed by atoms with van der Waals surface area (Å²) in [6.45, 7) is 1.60. The number of aryl methyl sites for hydroxylation is 1. The number of nitrogens with zero attached hydrogens (tertiary/aromatic N) is 4. The van der Waals surface area contributed by atoms with Crippen molar-refractivity contribution in [3.8, 4) is 0 Å². The molecule has 1 unspecified atom stereocenters. The number of anilines is 2. The highest BCUT2D eigenvalue weighted by Crippen LogP contribution is 2.40. The fourth-order valence-electron chi connectivity index (χ4n) is 4.35. The van der Waals surface area contributed by atoms with E-state index in [0.29, 0.717) is 0 Å². The first-order valence-electron chi connectivity index (χ1n) is 10.9. The Balaban J connectivity index is 1.40. The van der Waals surface area contributed by atoms with Gasteiger partial charge < -0.3 is 20.1 Å². The molecule has 172 valence electrons. The first-order valence-corrected chi connectivity index (χ1v) is 12.6. The topological polar surface area (TPSA) is 94.2 Å². The molecule has 33 heavy (non-hydrogen) atoms. The number of nitrogens with one attached hydrogen (secondary N) is 2.